The topological polar surface area (TPSA) is 46.9 Å². The van der Waals surface area contributed by atoms with Gasteiger partial charge in [-0.15, -0.1) is 0 Å². The number of nitrogens with one attached hydrogen (secondary N) is 1. The molecule has 3 aromatic rings. The highest BCUT2D eigenvalue weighted by Crippen LogP contribution is 2.29. The predicted molar refractivity (Wildman–Crippen MR) is 96.6 cm³/mol. The number of aromatic nitrogens is 2. The van der Waals surface area contributed by atoms with Crippen LogP contribution in [0, 0.1) is 13.8 Å². The molecule has 0 spiro atoms. The Hall–Kier alpha value is -3.09. The van der Waals surface area contributed by atoms with Gasteiger partial charge in [0.1, 0.15) is 0 Å². The first-order chi connectivity index (χ1) is 12.7. The fourth-order valence-electron chi connectivity index (χ4n) is 2.64. The maximum Gasteiger partial charge on any atom is 0.416 e. The van der Waals surface area contributed by atoms with E-state index in [0.29, 0.717) is 16.9 Å². The van der Waals surface area contributed by atoms with Gasteiger partial charge in [-0.1, -0.05) is 29.8 Å². The molecule has 2 aromatic carbocycles. The Kier molecular flexibility index (Phi) is 5.03. The Morgan fingerprint density at radius 3 is 2.44 bits per heavy atom. The highest BCUT2D eigenvalue weighted by atomic mass is 19.4. The molecule has 0 saturated heterocycles. The van der Waals surface area contributed by atoms with Gasteiger partial charge in [-0.25, -0.2) is 0 Å². The Balaban J connectivity index is 1.75. The molecule has 7 heteroatoms. The second kappa shape index (κ2) is 7.26. The summed E-state index contributed by atoms with van der Waals surface area (Å²) < 4.78 is 40.1. The van der Waals surface area contributed by atoms with Gasteiger partial charge in [0.25, 0.3) is 5.91 Å². The second-order valence-corrected chi connectivity index (χ2v) is 6.35. The summed E-state index contributed by atoms with van der Waals surface area (Å²) in [6.45, 7) is 3.89. The molecule has 0 aliphatic rings. The third-order valence-corrected chi connectivity index (χ3v) is 4.12. The number of aryl methyl sites for hydroxylation is 2. The van der Waals surface area contributed by atoms with Crippen LogP contribution in [-0.4, -0.2) is 15.7 Å². The molecule has 0 saturated carbocycles. The van der Waals surface area contributed by atoms with Crippen molar-refractivity contribution in [3.63, 3.8) is 0 Å². The molecular weight excluding hydrogens is 355 g/mol. The molecule has 1 heterocycles. The molecule has 140 valence electrons. The standard InChI is InChI=1S/C20H18F3N3O/c1-13-6-8-16(9-7-13)19(27)24-18-10-14(2)26(25-18)12-15-4-3-5-17(11-15)20(21,22)23/h3-11H,12H2,1-2H3,(H,24,25,27). The van der Waals surface area contributed by atoms with E-state index in [1.165, 1.54) is 6.07 Å². The van der Waals surface area contributed by atoms with E-state index in [9.17, 15) is 18.0 Å². The minimum Gasteiger partial charge on any atom is -0.305 e. The number of amides is 1. The summed E-state index contributed by atoms with van der Waals surface area (Å²) >= 11 is 0. The number of carbonyl (C=O) groups excluding carboxylic acids is 1. The molecular formula is C20H18F3N3O. The molecule has 0 fully saturated rings. The van der Waals surface area contributed by atoms with Crippen LogP contribution in [0.3, 0.4) is 0 Å². The number of anilines is 1. The van der Waals surface area contributed by atoms with E-state index in [0.717, 1.165) is 23.4 Å². The first-order valence-electron chi connectivity index (χ1n) is 8.31. The molecule has 0 aliphatic carbocycles. The number of halogens is 3. The maximum absolute atomic E-state index is 12.8. The zero-order valence-electron chi connectivity index (χ0n) is 14.8. The first kappa shape index (κ1) is 18.7. The van der Waals surface area contributed by atoms with Gasteiger partial charge >= 0.3 is 6.18 Å². The first-order valence-corrected chi connectivity index (χ1v) is 8.31. The van der Waals surface area contributed by atoms with E-state index in [1.807, 2.05) is 19.1 Å². The zero-order valence-corrected chi connectivity index (χ0v) is 14.8. The summed E-state index contributed by atoms with van der Waals surface area (Å²) in [5, 5.41) is 6.99. The number of benzene rings is 2. The number of alkyl halides is 3. The van der Waals surface area contributed by atoms with Gasteiger partial charge in [-0.2, -0.15) is 18.3 Å². The van der Waals surface area contributed by atoms with Crippen LogP contribution < -0.4 is 5.32 Å². The van der Waals surface area contributed by atoms with Gasteiger partial charge in [-0.05, 0) is 43.7 Å². The van der Waals surface area contributed by atoms with Crippen molar-refractivity contribution in [1.29, 1.82) is 0 Å². The summed E-state index contributed by atoms with van der Waals surface area (Å²) in [6.07, 6.45) is -4.39. The van der Waals surface area contributed by atoms with Gasteiger partial charge in [0.05, 0.1) is 12.1 Å². The summed E-state index contributed by atoms with van der Waals surface area (Å²) in [6, 6.07) is 13.9. The SMILES string of the molecule is Cc1ccc(C(=O)Nc2cc(C)n(Cc3cccc(C(F)(F)F)c3)n2)cc1. The molecule has 1 N–H and O–H groups in total. The molecule has 4 nitrogen and oxygen atoms in total. The molecule has 0 bridgehead atoms. The normalized spacial score (nSPS) is 11.4. The lowest BCUT2D eigenvalue weighted by Crippen LogP contribution is -2.13. The fraction of sp³-hybridized carbons (Fsp3) is 0.200. The average Bonchev–Trinajstić information content (AvgIpc) is 2.94. The van der Waals surface area contributed by atoms with E-state index >= 15 is 0 Å². The van der Waals surface area contributed by atoms with Crippen LogP contribution in [-0.2, 0) is 12.7 Å². The highest BCUT2D eigenvalue weighted by Gasteiger charge is 2.30. The summed E-state index contributed by atoms with van der Waals surface area (Å²) in [4.78, 5) is 12.3. The van der Waals surface area contributed by atoms with Gasteiger partial charge in [0, 0.05) is 17.3 Å². The lowest BCUT2D eigenvalue weighted by Gasteiger charge is -2.09. The van der Waals surface area contributed by atoms with E-state index in [1.54, 1.807) is 35.9 Å². The second-order valence-electron chi connectivity index (χ2n) is 6.35. The number of nitrogens with zero attached hydrogens (tertiary/aromatic N) is 2. The molecule has 1 amide bonds. The van der Waals surface area contributed by atoms with Crippen LogP contribution in [0.15, 0.2) is 54.6 Å². The average molecular weight is 373 g/mol. The van der Waals surface area contributed by atoms with Crippen LogP contribution in [0.5, 0.6) is 0 Å². The summed E-state index contributed by atoms with van der Waals surface area (Å²) in [7, 11) is 0. The summed E-state index contributed by atoms with van der Waals surface area (Å²) in [5.41, 5.74) is 2.07. The molecule has 0 aliphatic heterocycles. The molecule has 0 unspecified atom stereocenters. The molecule has 27 heavy (non-hydrogen) atoms. The van der Waals surface area contributed by atoms with Crippen LogP contribution in [0.1, 0.15) is 32.7 Å². The monoisotopic (exact) mass is 373 g/mol. The Bertz CT molecular complexity index is 959. The highest BCUT2D eigenvalue weighted by molar-refractivity contribution is 6.03. The lowest BCUT2D eigenvalue weighted by molar-refractivity contribution is -0.137. The van der Waals surface area contributed by atoms with Crippen LogP contribution in [0.4, 0.5) is 19.0 Å². The van der Waals surface area contributed by atoms with Crippen LogP contribution in [0.2, 0.25) is 0 Å². The van der Waals surface area contributed by atoms with Crippen molar-refractivity contribution in [3.05, 3.63) is 82.5 Å². The van der Waals surface area contributed by atoms with Crippen molar-refractivity contribution in [3.8, 4) is 0 Å². The Labute approximate surface area is 154 Å². The molecule has 3 rings (SSSR count). The van der Waals surface area contributed by atoms with Crippen LogP contribution >= 0.6 is 0 Å². The van der Waals surface area contributed by atoms with E-state index in [4.69, 9.17) is 0 Å². The maximum atomic E-state index is 12.8. The largest absolute Gasteiger partial charge is 0.416 e. The number of hydrogen-bond acceptors (Lipinski definition) is 2. The number of carbonyl (C=O) groups is 1. The van der Waals surface area contributed by atoms with Gasteiger partial charge in [0.2, 0.25) is 0 Å². The van der Waals surface area contributed by atoms with Gasteiger partial charge in [0.15, 0.2) is 5.82 Å². The number of rotatable bonds is 4. The fourth-order valence-corrected chi connectivity index (χ4v) is 2.64. The zero-order chi connectivity index (χ0) is 19.6. The minimum atomic E-state index is -4.39. The van der Waals surface area contributed by atoms with Crippen molar-refractivity contribution in [2.45, 2.75) is 26.6 Å². The Morgan fingerprint density at radius 1 is 1.07 bits per heavy atom. The van der Waals surface area contributed by atoms with Crippen molar-refractivity contribution < 1.29 is 18.0 Å². The minimum absolute atomic E-state index is 0.177. The molecule has 0 radical (unpaired) electrons. The van der Waals surface area contributed by atoms with Crippen molar-refractivity contribution in [2.75, 3.05) is 5.32 Å². The quantitative estimate of drug-likeness (QED) is 0.713. The molecule has 1 aromatic heterocycles. The smallest absolute Gasteiger partial charge is 0.305 e. The van der Waals surface area contributed by atoms with E-state index in [2.05, 4.69) is 10.4 Å². The van der Waals surface area contributed by atoms with Crippen molar-refractivity contribution >= 4 is 11.7 Å². The lowest BCUT2D eigenvalue weighted by atomic mass is 10.1. The number of hydrogen-bond donors (Lipinski definition) is 1. The predicted octanol–water partition coefficient (Wildman–Crippen LogP) is 4.82. The van der Waals surface area contributed by atoms with Gasteiger partial charge < -0.3 is 5.32 Å². The molecule has 0 atom stereocenters. The van der Waals surface area contributed by atoms with E-state index < -0.39 is 11.7 Å². The summed E-state index contributed by atoms with van der Waals surface area (Å²) in [5.74, 6) is 0.0590. The third kappa shape index (κ3) is 4.55. The Morgan fingerprint density at radius 2 is 1.78 bits per heavy atom. The van der Waals surface area contributed by atoms with E-state index in [-0.39, 0.29) is 12.5 Å². The van der Waals surface area contributed by atoms with Crippen LogP contribution in [0.25, 0.3) is 0 Å². The van der Waals surface area contributed by atoms with Crippen molar-refractivity contribution in [2.24, 2.45) is 0 Å². The van der Waals surface area contributed by atoms with Gasteiger partial charge in [-0.3, -0.25) is 9.48 Å². The van der Waals surface area contributed by atoms with Crippen molar-refractivity contribution in [1.82, 2.24) is 9.78 Å². The third-order valence-electron chi connectivity index (χ3n) is 4.12.